The predicted molar refractivity (Wildman–Crippen MR) is 370 cm³/mol. The lowest BCUT2D eigenvalue weighted by Gasteiger charge is -2.40. The molecular formula is C77H139NO10. The lowest BCUT2D eigenvalue weighted by Crippen LogP contribution is -2.60. The Kier molecular flexibility index (Phi) is 61.9. The van der Waals surface area contributed by atoms with Crippen molar-refractivity contribution in [3.8, 4) is 0 Å². The Morgan fingerprint density at radius 3 is 1.26 bits per heavy atom. The monoisotopic (exact) mass is 1240 g/mol. The number of aliphatic hydroxyl groups excluding tert-OH is 5. The molecule has 7 atom stereocenters. The summed E-state index contributed by atoms with van der Waals surface area (Å²) in [6, 6.07) is -0.832. The summed E-state index contributed by atoms with van der Waals surface area (Å²) in [6.07, 6.45) is 79.6. The molecule has 1 rings (SSSR count). The van der Waals surface area contributed by atoms with E-state index in [9.17, 15) is 35.1 Å². The number of hydrogen-bond acceptors (Lipinski definition) is 10. The predicted octanol–water partition coefficient (Wildman–Crippen LogP) is 19.5. The van der Waals surface area contributed by atoms with Crippen LogP contribution in [0.3, 0.4) is 0 Å². The van der Waals surface area contributed by atoms with E-state index in [2.05, 4.69) is 66.9 Å². The number of amides is 1. The summed E-state index contributed by atoms with van der Waals surface area (Å²) in [5, 5.41) is 54.2. The third kappa shape index (κ3) is 53.7. The van der Waals surface area contributed by atoms with Crippen molar-refractivity contribution < 1.29 is 49.3 Å². The number of carbonyl (C=O) groups excluding carboxylic acids is 2. The van der Waals surface area contributed by atoms with Crippen LogP contribution in [0.5, 0.6) is 0 Å². The van der Waals surface area contributed by atoms with Gasteiger partial charge in [-0.2, -0.15) is 0 Å². The largest absolute Gasteiger partial charge is 0.466 e. The molecule has 11 heteroatoms. The highest BCUT2D eigenvalue weighted by molar-refractivity contribution is 5.76. The van der Waals surface area contributed by atoms with Gasteiger partial charge in [0.05, 0.1) is 32.0 Å². The first-order valence-electron chi connectivity index (χ1n) is 37.2. The van der Waals surface area contributed by atoms with E-state index in [-0.39, 0.29) is 18.5 Å². The van der Waals surface area contributed by atoms with Gasteiger partial charge in [0.2, 0.25) is 5.91 Å². The molecule has 0 saturated carbocycles. The Balaban J connectivity index is 1.89. The van der Waals surface area contributed by atoms with Gasteiger partial charge in [0.15, 0.2) is 6.29 Å². The zero-order valence-electron chi connectivity index (χ0n) is 56.9. The quantitative estimate of drug-likeness (QED) is 0.0195. The fraction of sp³-hybridized carbons (Fsp3) is 0.818. The molecule has 1 amide bonds. The van der Waals surface area contributed by atoms with Gasteiger partial charge in [-0.25, -0.2) is 0 Å². The number of allylic oxidation sites excluding steroid dienone is 11. The normalized spacial score (nSPS) is 18.2. The molecule has 88 heavy (non-hydrogen) atoms. The number of esters is 1. The van der Waals surface area contributed by atoms with Crippen molar-refractivity contribution in [2.45, 2.75) is 384 Å². The van der Waals surface area contributed by atoms with E-state index in [0.29, 0.717) is 19.4 Å². The summed E-state index contributed by atoms with van der Waals surface area (Å²) < 4.78 is 16.7. The van der Waals surface area contributed by atoms with Crippen LogP contribution in [0.4, 0.5) is 0 Å². The highest BCUT2D eigenvalue weighted by atomic mass is 16.7. The molecular weight excluding hydrogens is 1100 g/mol. The van der Waals surface area contributed by atoms with Crippen molar-refractivity contribution in [1.82, 2.24) is 5.32 Å². The van der Waals surface area contributed by atoms with Gasteiger partial charge >= 0.3 is 5.97 Å². The van der Waals surface area contributed by atoms with Crippen LogP contribution >= 0.6 is 0 Å². The third-order valence-corrected chi connectivity index (χ3v) is 17.3. The number of nitrogens with one attached hydrogen (secondary N) is 1. The van der Waals surface area contributed by atoms with Crippen molar-refractivity contribution in [2.24, 2.45) is 0 Å². The first-order chi connectivity index (χ1) is 43.2. The van der Waals surface area contributed by atoms with Crippen molar-refractivity contribution in [1.29, 1.82) is 0 Å². The van der Waals surface area contributed by atoms with Gasteiger partial charge in [0.1, 0.15) is 24.4 Å². The molecule has 0 radical (unpaired) electrons. The highest BCUT2D eigenvalue weighted by Gasteiger charge is 2.44. The topological polar surface area (TPSA) is 175 Å². The van der Waals surface area contributed by atoms with Gasteiger partial charge in [-0.05, 0) is 110 Å². The molecule has 7 unspecified atom stereocenters. The molecule has 1 fully saturated rings. The average molecular weight is 1240 g/mol. The number of ether oxygens (including phenoxy) is 3. The maximum atomic E-state index is 13.0. The number of unbranched alkanes of at least 4 members (excludes halogenated alkanes) is 42. The molecule has 0 aromatic heterocycles. The van der Waals surface area contributed by atoms with E-state index in [1.54, 1.807) is 6.08 Å². The molecule has 1 aliphatic heterocycles. The van der Waals surface area contributed by atoms with E-state index in [0.717, 1.165) is 70.6 Å². The fourth-order valence-electron chi connectivity index (χ4n) is 11.5. The highest BCUT2D eigenvalue weighted by Crippen LogP contribution is 2.23. The molecule has 512 valence electrons. The van der Waals surface area contributed by atoms with Crippen molar-refractivity contribution in [3.05, 3.63) is 72.9 Å². The summed E-state index contributed by atoms with van der Waals surface area (Å²) >= 11 is 0. The summed E-state index contributed by atoms with van der Waals surface area (Å²) in [7, 11) is 0. The number of aliphatic hydroxyl groups is 5. The average Bonchev–Trinajstić information content (AvgIpc) is 2.69. The molecule has 11 nitrogen and oxygen atoms in total. The van der Waals surface area contributed by atoms with Gasteiger partial charge in [0.25, 0.3) is 0 Å². The lowest BCUT2D eigenvalue weighted by atomic mass is 9.99. The van der Waals surface area contributed by atoms with Gasteiger partial charge in [0, 0.05) is 12.8 Å². The Bertz CT molecular complexity index is 1690. The van der Waals surface area contributed by atoms with E-state index in [4.69, 9.17) is 14.2 Å². The maximum Gasteiger partial charge on any atom is 0.305 e. The number of hydrogen-bond donors (Lipinski definition) is 6. The maximum absolute atomic E-state index is 13.0. The molecule has 0 aromatic rings. The zero-order valence-corrected chi connectivity index (χ0v) is 56.9. The minimum absolute atomic E-state index is 0.00384. The summed E-state index contributed by atoms with van der Waals surface area (Å²) in [5.41, 5.74) is 0. The van der Waals surface area contributed by atoms with Crippen molar-refractivity contribution in [3.63, 3.8) is 0 Å². The van der Waals surface area contributed by atoms with Crippen molar-refractivity contribution >= 4 is 11.9 Å². The van der Waals surface area contributed by atoms with Crippen LogP contribution in [0.1, 0.15) is 341 Å². The minimum Gasteiger partial charge on any atom is -0.466 e. The Morgan fingerprint density at radius 1 is 0.443 bits per heavy atom. The first kappa shape index (κ1) is 83.1. The van der Waals surface area contributed by atoms with Crippen LogP contribution in [0.25, 0.3) is 0 Å². The van der Waals surface area contributed by atoms with E-state index < -0.39 is 49.5 Å². The second-order valence-electron chi connectivity index (χ2n) is 25.6. The lowest BCUT2D eigenvalue weighted by molar-refractivity contribution is -0.302. The van der Waals surface area contributed by atoms with Gasteiger partial charge in [-0.3, -0.25) is 9.59 Å². The van der Waals surface area contributed by atoms with Crippen molar-refractivity contribution in [2.75, 3.05) is 19.8 Å². The molecule has 1 heterocycles. The molecule has 0 spiro atoms. The first-order valence-corrected chi connectivity index (χ1v) is 37.2. The standard InChI is InChI=1S/C77H139NO10/c1-3-5-7-9-11-13-14-45-49-53-57-61-65-73(82)86-66-62-58-54-50-46-43-41-39-37-35-33-31-29-27-25-23-21-19-17-15-16-18-20-22-24-26-28-30-32-34-36-38-40-42-44-48-52-56-60-64-72(81)78-69(70(80)63-59-55-51-47-12-10-8-6-4-2)68-87-77-76(85)75(84)74(83)71(67-79)88-77/h4,6,11-13,15-16,19,21,47,59,63,69-71,74-77,79-80,83-85H,3,5,7-10,14,17-18,20,22-46,48-58,60-62,64-68H2,1-2H3,(H,78,81)/b6-4+,13-11-,16-15-,21-19-,47-12+,63-59+. The summed E-state index contributed by atoms with van der Waals surface area (Å²) in [6.45, 7) is 4.09. The molecule has 1 saturated heterocycles. The van der Waals surface area contributed by atoms with Crippen LogP contribution in [0.2, 0.25) is 0 Å². The second kappa shape index (κ2) is 65.6. The Labute approximate surface area is 541 Å². The Morgan fingerprint density at radius 2 is 0.818 bits per heavy atom. The molecule has 6 N–H and O–H groups in total. The number of rotatable bonds is 65. The minimum atomic E-state index is -1.58. The summed E-state index contributed by atoms with van der Waals surface area (Å²) in [5.74, 6) is -0.192. The molecule has 1 aliphatic rings. The van der Waals surface area contributed by atoms with E-state index >= 15 is 0 Å². The van der Waals surface area contributed by atoms with Crippen LogP contribution < -0.4 is 5.32 Å². The van der Waals surface area contributed by atoms with Gasteiger partial charge in [-0.1, -0.05) is 292 Å². The zero-order chi connectivity index (χ0) is 63.7. The van der Waals surface area contributed by atoms with Gasteiger partial charge in [-0.15, -0.1) is 0 Å². The molecule has 0 aromatic carbocycles. The van der Waals surface area contributed by atoms with E-state index in [1.165, 1.54) is 244 Å². The number of carbonyl (C=O) groups is 2. The second-order valence-corrected chi connectivity index (χ2v) is 25.6. The van der Waals surface area contributed by atoms with Crippen LogP contribution in [-0.4, -0.2) is 100 Å². The Hall–Kier alpha value is -2.90. The van der Waals surface area contributed by atoms with Crippen LogP contribution in [0, 0.1) is 0 Å². The smallest absolute Gasteiger partial charge is 0.305 e. The van der Waals surface area contributed by atoms with E-state index in [1.807, 2.05) is 19.1 Å². The molecule has 0 bridgehead atoms. The third-order valence-electron chi connectivity index (χ3n) is 17.3. The van der Waals surface area contributed by atoms with Crippen LogP contribution in [-0.2, 0) is 23.8 Å². The summed E-state index contributed by atoms with van der Waals surface area (Å²) in [4.78, 5) is 25.0. The fourth-order valence-corrected chi connectivity index (χ4v) is 11.5. The SMILES string of the molecule is C/C=C/CC/C=C/CC/C=C/C(O)C(COC1OC(CO)C(O)C(O)C1O)NC(=O)CCCCCCCCCCCCCCCCCCC/C=C\C/C=C\CCCCCCCCCCCCCCCCCOC(=O)CCCCCCC/C=C\CCCCC. The molecule has 0 aliphatic carbocycles. The van der Waals surface area contributed by atoms with Gasteiger partial charge < -0.3 is 45.1 Å². The van der Waals surface area contributed by atoms with Crippen LogP contribution in [0.15, 0.2) is 72.9 Å².